The number of hydrogen-bond acceptors (Lipinski definition) is 17. The lowest BCUT2D eigenvalue weighted by Gasteiger charge is -2.45. The molecule has 2 aliphatic heterocycles. The maximum atomic E-state index is 12.9. The van der Waals surface area contributed by atoms with E-state index in [1.807, 2.05) is 0 Å². The van der Waals surface area contributed by atoms with Crippen LogP contribution in [0, 0.1) is 0 Å². The molecular formula is C29H32O17. The normalized spacial score (nSPS) is 31.5. The van der Waals surface area contributed by atoms with Crippen LogP contribution in [-0.4, -0.2) is 127 Å². The van der Waals surface area contributed by atoms with E-state index in [0.29, 0.717) is 0 Å². The van der Waals surface area contributed by atoms with Crippen molar-refractivity contribution in [3.8, 4) is 34.3 Å². The van der Waals surface area contributed by atoms with Crippen LogP contribution in [0.3, 0.4) is 0 Å². The van der Waals surface area contributed by atoms with Gasteiger partial charge >= 0.3 is 5.97 Å². The number of carbonyl (C=O) groups excluding carboxylic acids is 1. The Morgan fingerprint density at radius 2 is 1.50 bits per heavy atom. The summed E-state index contributed by atoms with van der Waals surface area (Å²) in [7, 11) is 0. The van der Waals surface area contributed by atoms with Gasteiger partial charge in [-0.15, -0.1) is 0 Å². The van der Waals surface area contributed by atoms with Crippen LogP contribution in [0.15, 0.2) is 45.6 Å². The average Bonchev–Trinajstić information content (AvgIpc) is 3.00. The van der Waals surface area contributed by atoms with Crippen LogP contribution in [0.5, 0.6) is 23.0 Å². The van der Waals surface area contributed by atoms with Gasteiger partial charge in [-0.1, -0.05) is 0 Å². The number of aliphatic hydroxyl groups is 6. The van der Waals surface area contributed by atoms with E-state index in [1.54, 1.807) is 0 Å². The monoisotopic (exact) mass is 652 g/mol. The highest BCUT2D eigenvalue weighted by Gasteiger charge is 2.51. The zero-order valence-electron chi connectivity index (χ0n) is 23.9. The number of fused-ring (bicyclic) bond motifs is 1. The molecule has 17 heteroatoms. The molecule has 250 valence electrons. The molecule has 2 aliphatic rings. The van der Waals surface area contributed by atoms with Gasteiger partial charge in [-0.3, -0.25) is 9.59 Å². The van der Waals surface area contributed by atoms with Gasteiger partial charge in [0, 0.05) is 30.7 Å². The van der Waals surface area contributed by atoms with Crippen molar-refractivity contribution in [1.82, 2.24) is 0 Å². The SMILES string of the molecule is CC(=O)OCC1O[C@@H](OC2[C@H](Oc3cc(O)c4c(=O)cc(-c5ccc(O)c(O)c5)oc4c3)OC(CO)[C@@H](O)[C@@H]2O)C(O)[C@@H](O)[C@@H]1O. The molecule has 3 heterocycles. The fourth-order valence-corrected chi connectivity index (χ4v) is 5.08. The number of ether oxygens (including phenoxy) is 5. The molecule has 2 aromatic carbocycles. The number of esters is 1. The second kappa shape index (κ2) is 13.4. The Morgan fingerprint density at radius 1 is 0.804 bits per heavy atom. The lowest BCUT2D eigenvalue weighted by molar-refractivity contribution is -0.358. The molecule has 2 saturated heterocycles. The van der Waals surface area contributed by atoms with Crippen LogP contribution in [0.2, 0.25) is 0 Å². The summed E-state index contributed by atoms with van der Waals surface area (Å²) in [5, 5.41) is 92.3. The van der Waals surface area contributed by atoms with Crippen molar-refractivity contribution >= 4 is 16.9 Å². The van der Waals surface area contributed by atoms with Gasteiger partial charge in [0.15, 0.2) is 29.3 Å². The summed E-state index contributed by atoms with van der Waals surface area (Å²) in [6.07, 6.45) is -17.2. The Kier molecular flexibility index (Phi) is 9.68. The topological polar surface area (TPSA) is 276 Å². The average molecular weight is 653 g/mol. The van der Waals surface area contributed by atoms with Gasteiger partial charge in [0.05, 0.1) is 6.61 Å². The highest BCUT2D eigenvalue weighted by Crippen LogP contribution is 2.36. The third kappa shape index (κ3) is 6.59. The molecule has 9 N–H and O–H groups in total. The predicted octanol–water partition coefficient (Wildman–Crippen LogP) is -1.85. The van der Waals surface area contributed by atoms with Crippen LogP contribution in [0.4, 0.5) is 0 Å². The summed E-state index contributed by atoms with van der Waals surface area (Å²) < 4.78 is 33.2. The van der Waals surface area contributed by atoms with Crippen LogP contribution in [-0.2, 0) is 23.7 Å². The van der Waals surface area contributed by atoms with Crippen LogP contribution in [0.25, 0.3) is 22.3 Å². The van der Waals surface area contributed by atoms with Crippen molar-refractivity contribution in [2.24, 2.45) is 0 Å². The summed E-state index contributed by atoms with van der Waals surface area (Å²) in [5.41, 5.74) is -0.666. The van der Waals surface area contributed by atoms with Crippen LogP contribution >= 0.6 is 0 Å². The van der Waals surface area contributed by atoms with Gasteiger partial charge < -0.3 is 74.1 Å². The number of benzene rings is 2. The van der Waals surface area contributed by atoms with Crippen LogP contribution < -0.4 is 10.2 Å². The maximum Gasteiger partial charge on any atom is 0.302 e. The van der Waals surface area contributed by atoms with Gasteiger partial charge in [-0.25, -0.2) is 0 Å². The van der Waals surface area contributed by atoms with Gasteiger partial charge in [-0.2, -0.15) is 0 Å². The number of aromatic hydroxyl groups is 3. The van der Waals surface area contributed by atoms with Gasteiger partial charge in [0.2, 0.25) is 6.29 Å². The second-order valence-corrected chi connectivity index (χ2v) is 10.7. The molecule has 0 bridgehead atoms. The fourth-order valence-electron chi connectivity index (χ4n) is 5.08. The number of hydrogen-bond donors (Lipinski definition) is 9. The lowest BCUT2D eigenvalue weighted by Crippen LogP contribution is -2.65. The van der Waals surface area contributed by atoms with Crippen molar-refractivity contribution in [1.29, 1.82) is 0 Å². The Hall–Kier alpha value is -4.04. The number of rotatable bonds is 8. The molecule has 0 amide bonds. The first-order chi connectivity index (χ1) is 21.8. The molecule has 0 saturated carbocycles. The van der Waals surface area contributed by atoms with Crippen molar-refractivity contribution in [3.63, 3.8) is 0 Å². The van der Waals surface area contributed by atoms with Crippen molar-refractivity contribution in [2.75, 3.05) is 13.2 Å². The molecule has 46 heavy (non-hydrogen) atoms. The first-order valence-electron chi connectivity index (χ1n) is 13.9. The molecule has 0 spiro atoms. The zero-order chi connectivity index (χ0) is 33.4. The minimum atomic E-state index is -1.92. The minimum absolute atomic E-state index is 0.0501. The van der Waals surface area contributed by atoms with E-state index in [1.165, 1.54) is 18.2 Å². The van der Waals surface area contributed by atoms with Gasteiger partial charge in [-0.05, 0) is 18.2 Å². The molecule has 10 atom stereocenters. The summed E-state index contributed by atoms with van der Waals surface area (Å²) in [6.45, 7) is -0.227. The van der Waals surface area contributed by atoms with E-state index < -0.39 is 103 Å². The third-order valence-electron chi connectivity index (χ3n) is 7.53. The van der Waals surface area contributed by atoms with Crippen molar-refractivity contribution in [2.45, 2.75) is 68.3 Å². The Labute approximate surface area is 258 Å². The highest BCUT2D eigenvalue weighted by atomic mass is 16.8. The van der Waals surface area contributed by atoms with Gasteiger partial charge in [0.1, 0.15) is 77.6 Å². The van der Waals surface area contributed by atoms with Crippen molar-refractivity contribution in [3.05, 3.63) is 46.6 Å². The first kappa shape index (κ1) is 33.3. The largest absolute Gasteiger partial charge is 0.507 e. The number of carbonyl (C=O) groups is 1. The fraction of sp³-hybridized carbons (Fsp3) is 0.448. The lowest BCUT2D eigenvalue weighted by atomic mass is 9.97. The van der Waals surface area contributed by atoms with E-state index in [9.17, 15) is 55.5 Å². The smallest absolute Gasteiger partial charge is 0.302 e. The molecule has 4 unspecified atom stereocenters. The summed E-state index contributed by atoms with van der Waals surface area (Å²) in [4.78, 5) is 24.1. The summed E-state index contributed by atoms with van der Waals surface area (Å²) in [5.74, 6) is -2.48. The number of aliphatic hydroxyl groups excluding tert-OH is 6. The molecule has 1 aromatic heterocycles. The third-order valence-corrected chi connectivity index (χ3v) is 7.53. The van der Waals surface area contributed by atoms with E-state index in [0.717, 1.165) is 25.1 Å². The molecule has 17 nitrogen and oxygen atoms in total. The molecule has 0 radical (unpaired) electrons. The number of phenolic OH excluding ortho intramolecular Hbond substituents is 3. The van der Waals surface area contributed by atoms with E-state index in [4.69, 9.17) is 28.1 Å². The van der Waals surface area contributed by atoms with Crippen molar-refractivity contribution < 1.29 is 78.9 Å². The second-order valence-electron chi connectivity index (χ2n) is 10.7. The van der Waals surface area contributed by atoms with Crippen LogP contribution in [0.1, 0.15) is 6.92 Å². The predicted molar refractivity (Wildman–Crippen MR) is 149 cm³/mol. The Morgan fingerprint density at radius 3 is 2.17 bits per heavy atom. The molecule has 3 aromatic rings. The Bertz CT molecular complexity index is 1620. The van der Waals surface area contributed by atoms with Gasteiger partial charge in [0.25, 0.3) is 0 Å². The summed E-state index contributed by atoms with van der Waals surface area (Å²) >= 11 is 0. The van der Waals surface area contributed by atoms with E-state index >= 15 is 0 Å². The molecule has 0 aliphatic carbocycles. The molecule has 5 rings (SSSR count). The standard InChI is InChI=1S/C29H32O17/c1-10(31)41-9-20-23(37)24(38)26(40)28(45-20)46-27-25(39)22(36)19(8-30)44-29(27)42-12-5-15(34)21-16(35)7-17(43-18(21)6-12)11-2-3-13(32)14(33)4-11/h2-7,19-20,22-30,32-34,36-40H,8-9H2,1H3/t19?,20?,22-,23-,24+,25+,26?,27?,28+,29-/m1/s1. The molecule has 2 fully saturated rings. The zero-order valence-corrected chi connectivity index (χ0v) is 23.9. The number of phenols is 3. The Balaban J connectivity index is 1.46. The maximum absolute atomic E-state index is 12.9. The summed E-state index contributed by atoms with van der Waals surface area (Å²) in [6, 6.07) is 6.93. The minimum Gasteiger partial charge on any atom is -0.507 e. The molecular weight excluding hydrogens is 620 g/mol. The quantitative estimate of drug-likeness (QED) is 0.0954. The van der Waals surface area contributed by atoms with E-state index in [2.05, 4.69) is 0 Å². The van der Waals surface area contributed by atoms with E-state index in [-0.39, 0.29) is 28.0 Å². The first-order valence-corrected chi connectivity index (χ1v) is 13.9. The highest BCUT2D eigenvalue weighted by molar-refractivity contribution is 5.86.